The second-order valence-electron chi connectivity index (χ2n) is 6.90. The van der Waals surface area contributed by atoms with E-state index in [2.05, 4.69) is 0 Å². The third-order valence-electron chi connectivity index (χ3n) is 3.84. The summed E-state index contributed by atoms with van der Waals surface area (Å²) in [6, 6.07) is 8.91. The van der Waals surface area contributed by atoms with Gasteiger partial charge in [0.2, 0.25) is 0 Å². The van der Waals surface area contributed by atoms with E-state index >= 15 is 0 Å². The molecule has 0 aliphatic carbocycles. The highest BCUT2D eigenvalue weighted by atomic mass is 32.2. The molecular weight excluding hydrogens is 326 g/mol. The van der Waals surface area contributed by atoms with Crippen molar-refractivity contribution in [3.05, 3.63) is 35.9 Å². The van der Waals surface area contributed by atoms with Crippen molar-refractivity contribution in [2.75, 3.05) is 12.0 Å². The lowest BCUT2D eigenvalue weighted by atomic mass is 9.93. The van der Waals surface area contributed by atoms with E-state index in [4.69, 9.17) is 9.47 Å². The molecule has 0 aromatic heterocycles. The number of hydrogen-bond donors (Lipinski definition) is 0. The molecule has 1 aromatic carbocycles. The molecule has 0 spiro atoms. The normalized spacial score (nSPS) is 20.8. The molecule has 0 N–H and O–H groups in total. The smallest absolute Gasteiger partial charge is 0.413 e. The highest BCUT2D eigenvalue weighted by Gasteiger charge is 2.50. The fourth-order valence-corrected chi connectivity index (χ4v) is 3.08. The fourth-order valence-electron chi connectivity index (χ4n) is 2.62. The van der Waals surface area contributed by atoms with Gasteiger partial charge in [0.05, 0.1) is 0 Å². The largest absolute Gasteiger partial charge is 0.444 e. The average molecular weight is 351 g/mol. The van der Waals surface area contributed by atoms with Gasteiger partial charge in [0, 0.05) is 5.41 Å². The first-order valence-corrected chi connectivity index (χ1v) is 9.42. The molecule has 5 nitrogen and oxygen atoms in total. The minimum atomic E-state index is -0.611. The molecular formula is C18H25NO4S. The van der Waals surface area contributed by atoms with Crippen molar-refractivity contribution in [2.45, 2.75) is 46.1 Å². The van der Waals surface area contributed by atoms with E-state index in [9.17, 15) is 9.59 Å². The van der Waals surface area contributed by atoms with E-state index in [-0.39, 0.29) is 18.0 Å². The summed E-state index contributed by atoms with van der Waals surface area (Å²) < 4.78 is 10.9. The van der Waals surface area contributed by atoms with Crippen LogP contribution >= 0.6 is 11.8 Å². The lowest BCUT2D eigenvalue weighted by molar-refractivity contribution is -0.147. The van der Waals surface area contributed by atoms with E-state index in [0.29, 0.717) is 6.42 Å². The van der Waals surface area contributed by atoms with Gasteiger partial charge in [-0.1, -0.05) is 51.1 Å². The van der Waals surface area contributed by atoms with Crippen molar-refractivity contribution in [2.24, 2.45) is 5.41 Å². The minimum absolute atomic E-state index is 0.177. The Bertz CT molecular complexity index is 570. The number of rotatable bonds is 5. The maximum Gasteiger partial charge on any atom is 0.413 e. The Kier molecular flexibility index (Phi) is 6.15. The zero-order valence-corrected chi connectivity index (χ0v) is 15.5. The summed E-state index contributed by atoms with van der Waals surface area (Å²) in [5.74, 6) is 0.430. The minimum Gasteiger partial charge on any atom is -0.444 e. The molecule has 1 unspecified atom stereocenters. The summed E-state index contributed by atoms with van der Waals surface area (Å²) in [6.45, 7) is 6.01. The zero-order valence-electron chi connectivity index (χ0n) is 14.7. The Hall–Kier alpha value is -1.69. The van der Waals surface area contributed by atoms with E-state index in [1.165, 1.54) is 4.90 Å². The second kappa shape index (κ2) is 7.92. The van der Waals surface area contributed by atoms with Gasteiger partial charge in [0.1, 0.15) is 12.6 Å². The van der Waals surface area contributed by atoms with Crippen LogP contribution in [0.15, 0.2) is 30.3 Å². The molecule has 0 radical (unpaired) electrons. The topological polar surface area (TPSA) is 55.8 Å². The fraction of sp³-hybridized carbons (Fsp3) is 0.556. The molecule has 6 heteroatoms. The van der Waals surface area contributed by atoms with Gasteiger partial charge >= 0.3 is 12.1 Å². The van der Waals surface area contributed by atoms with Crippen molar-refractivity contribution < 1.29 is 19.1 Å². The zero-order chi connectivity index (χ0) is 17.7. The van der Waals surface area contributed by atoms with Crippen LogP contribution in [0.25, 0.3) is 0 Å². The number of esters is 1. The Morgan fingerprint density at radius 3 is 2.54 bits per heavy atom. The summed E-state index contributed by atoms with van der Waals surface area (Å²) >= 11 is 1.64. The van der Waals surface area contributed by atoms with Crippen molar-refractivity contribution in [1.82, 2.24) is 4.90 Å². The van der Waals surface area contributed by atoms with Crippen LogP contribution in [0.1, 0.15) is 32.8 Å². The van der Waals surface area contributed by atoms with Gasteiger partial charge in [0.15, 0.2) is 6.23 Å². The van der Waals surface area contributed by atoms with Crippen LogP contribution in [0.3, 0.4) is 0 Å². The lowest BCUT2D eigenvalue weighted by Gasteiger charge is -2.33. The van der Waals surface area contributed by atoms with Gasteiger partial charge in [-0.05, 0) is 24.0 Å². The first-order valence-electron chi connectivity index (χ1n) is 8.03. The first kappa shape index (κ1) is 18.6. The van der Waals surface area contributed by atoms with E-state index in [0.717, 1.165) is 11.3 Å². The standard InChI is InChI=1S/C18H25NO4S/c1-18(2,3)16-19(14(10-11-24-4)15(20)23-16)17(21)22-12-13-8-6-5-7-9-13/h5-9,14,16H,10-12H2,1-4H3/t14?,16-/m0/s1. The summed E-state index contributed by atoms with van der Waals surface area (Å²) in [6.07, 6.45) is 1.42. The number of hydrogen-bond acceptors (Lipinski definition) is 5. The second-order valence-corrected chi connectivity index (χ2v) is 7.89. The molecule has 1 aliphatic heterocycles. The number of carbonyl (C=O) groups is 2. The molecule has 1 saturated heterocycles. The van der Waals surface area contributed by atoms with Gasteiger partial charge < -0.3 is 9.47 Å². The van der Waals surface area contributed by atoms with Crippen LogP contribution in [0.5, 0.6) is 0 Å². The highest BCUT2D eigenvalue weighted by Crippen LogP contribution is 2.34. The Labute approximate surface area is 147 Å². The summed E-state index contributed by atoms with van der Waals surface area (Å²) in [5.41, 5.74) is 0.528. The maximum absolute atomic E-state index is 12.7. The highest BCUT2D eigenvalue weighted by molar-refractivity contribution is 7.98. The molecule has 132 valence electrons. The predicted molar refractivity (Wildman–Crippen MR) is 94.6 cm³/mol. The van der Waals surface area contributed by atoms with Crippen LogP contribution in [-0.4, -0.2) is 41.2 Å². The quantitative estimate of drug-likeness (QED) is 0.758. The van der Waals surface area contributed by atoms with Crippen molar-refractivity contribution >= 4 is 23.8 Å². The van der Waals surface area contributed by atoms with Gasteiger partial charge in [-0.3, -0.25) is 4.90 Å². The van der Waals surface area contributed by atoms with Crippen molar-refractivity contribution in [3.63, 3.8) is 0 Å². The van der Waals surface area contributed by atoms with E-state index < -0.39 is 18.4 Å². The van der Waals surface area contributed by atoms with Crippen LogP contribution in [0, 0.1) is 5.41 Å². The monoisotopic (exact) mass is 351 g/mol. The molecule has 2 atom stereocenters. The molecule has 1 heterocycles. The number of cyclic esters (lactones) is 1. The molecule has 1 fully saturated rings. The van der Waals surface area contributed by atoms with E-state index in [1.807, 2.05) is 57.4 Å². The number of thioether (sulfide) groups is 1. The van der Waals surface area contributed by atoms with Crippen LogP contribution in [-0.2, 0) is 20.9 Å². The molecule has 0 bridgehead atoms. The van der Waals surface area contributed by atoms with Crippen LogP contribution in [0.2, 0.25) is 0 Å². The number of nitrogens with zero attached hydrogens (tertiary/aromatic N) is 1. The number of carbonyl (C=O) groups excluding carboxylic acids is 2. The summed E-state index contributed by atoms with van der Waals surface area (Å²) in [5, 5.41) is 0. The van der Waals surface area contributed by atoms with Gasteiger partial charge in [0.25, 0.3) is 0 Å². The van der Waals surface area contributed by atoms with Crippen molar-refractivity contribution in [3.8, 4) is 0 Å². The van der Waals surface area contributed by atoms with E-state index in [1.54, 1.807) is 11.8 Å². The molecule has 2 rings (SSSR count). The lowest BCUT2D eigenvalue weighted by Crippen LogP contribution is -2.48. The predicted octanol–water partition coefficient (Wildman–Crippen LogP) is 3.68. The summed E-state index contributed by atoms with van der Waals surface area (Å²) in [4.78, 5) is 26.4. The third kappa shape index (κ3) is 4.44. The van der Waals surface area contributed by atoms with Crippen LogP contribution < -0.4 is 0 Å². The number of ether oxygens (including phenoxy) is 2. The number of amides is 1. The van der Waals surface area contributed by atoms with Crippen molar-refractivity contribution in [1.29, 1.82) is 0 Å². The molecule has 0 saturated carbocycles. The Morgan fingerprint density at radius 1 is 1.29 bits per heavy atom. The van der Waals surface area contributed by atoms with Crippen LogP contribution in [0.4, 0.5) is 4.79 Å². The van der Waals surface area contributed by atoms with Gasteiger partial charge in [-0.2, -0.15) is 11.8 Å². The Balaban J connectivity index is 2.13. The Morgan fingerprint density at radius 2 is 1.96 bits per heavy atom. The molecule has 1 amide bonds. The molecule has 24 heavy (non-hydrogen) atoms. The van der Waals surface area contributed by atoms with Gasteiger partial charge in [-0.25, -0.2) is 9.59 Å². The molecule has 1 aromatic rings. The molecule has 1 aliphatic rings. The first-order chi connectivity index (χ1) is 11.3. The average Bonchev–Trinajstić information content (AvgIpc) is 2.88. The van der Waals surface area contributed by atoms with Gasteiger partial charge in [-0.15, -0.1) is 0 Å². The summed E-state index contributed by atoms with van der Waals surface area (Å²) in [7, 11) is 0. The third-order valence-corrected chi connectivity index (χ3v) is 4.48. The number of benzene rings is 1. The maximum atomic E-state index is 12.7. The SMILES string of the molecule is CSCCC1C(=O)O[C@@H](C(C)(C)C)N1C(=O)OCc1ccccc1.